The summed E-state index contributed by atoms with van der Waals surface area (Å²) >= 11 is 0. The normalized spacial score (nSPS) is 29.6. The molecule has 0 amide bonds. The van der Waals surface area contributed by atoms with E-state index in [1.165, 1.54) is 32.1 Å². The third kappa shape index (κ3) is 5.22. The molecule has 2 unspecified atom stereocenters. The Kier molecular flexibility index (Phi) is 6.51. The van der Waals surface area contributed by atoms with E-state index in [4.69, 9.17) is 4.74 Å². The van der Waals surface area contributed by atoms with Crippen LogP contribution < -0.4 is 5.32 Å². The van der Waals surface area contributed by atoms with Crippen LogP contribution in [0, 0.1) is 11.8 Å². The first-order valence-corrected chi connectivity index (χ1v) is 9.05. The molecule has 3 heteroatoms. The molecule has 0 radical (unpaired) electrons. The Hall–Kier alpha value is -0.120. The molecule has 1 aliphatic heterocycles. The number of hydrogen-bond acceptors (Lipinski definition) is 3. The number of hydrogen-bond donors (Lipinski definition) is 1. The van der Waals surface area contributed by atoms with Gasteiger partial charge in [0.05, 0.1) is 13.2 Å². The summed E-state index contributed by atoms with van der Waals surface area (Å²) in [6.45, 7) is 14.6. The average Bonchev–Trinajstić information content (AvgIpc) is 2.72. The first-order valence-electron chi connectivity index (χ1n) is 9.05. The smallest absolute Gasteiger partial charge is 0.0594 e. The van der Waals surface area contributed by atoms with Gasteiger partial charge in [0.1, 0.15) is 0 Å². The molecule has 1 saturated carbocycles. The van der Waals surface area contributed by atoms with Crippen molar-refractivity contribution >= 4 is 0 Å². The van der Waals surface area contributed by atoms with Crippen molar-refractivity contribution in [3.63, 3.8) is 0 Å². The first kappa shape index (κ1) is 17.2. The maximum Gasteiger partial charge on any atom is 0.0594 e. The second-order valence-corrected chi connectivity index (χ2v) is 8.00. The lowest BCUT2D eigenvalue weighted by Gasteiger charge is -2.41. The molecule has 1 N–H and O–H groups in total. The molecular formula is C18H36N2O. The van der Waals surface area contributed by atoms with Crippen LogP contribution in [0.2, 0.25) is 0 Å². The van der Waals surface area contributed by atoms with Crippen molar-refractivity contribution in [2.45, 2.75) is 71.4 Å². The van der Waals surface area contributed by atoms with E-state index < -0.39 is 0 Å². The first-order chi connectivity index (χ1) is 9.99. The fourth-order valence-corrected chi connectivity index (χ4v) is 3.88. The monoisotopic (exact) mass is 296 g/mol. The summed E-state index contributed by atoms with van der Waals surface area (Å²) in [5.41, 5.74) is 0.244. The van der Waals surface area contributed by atoms with Crippen LogP contribution in [0.15, 0.2) is 0 Å². The molecule has 124 valence electrons. The molecular weight excluding hydrogens is 260 g/mol. The van der Waals surface area contributed by atoms with Gasteiger partial charge in [-0.05, 0) is 44.9 Å². The van der Waals surface area contributed by atoms with Crippen molar-refractivity contribution in [1.82, 2.24) is 10.2 Å². The van der Waals surface area contributed by atoms with Crippen molar-refractivity contribution in [3.8, 4) is 0 Å². The molecule has 2 fully saturated rings. The van der Waals surface area contributed by atoms with Crippen LogP contribution in [-0.2, 0) is 4.74 Å². The van der Waals surface area contributed by atoms with Crippen LogP contribution in [0.1, 0.15) is 59.8 Å². The van der Waals surface area contributed by atoms with Crippen molar-refractivity contribution in [1.29, 1.82) is 0 Å². The van der Waals surface area contributed by atoms with Gasteiger partial charge < -0.3 is 10.1 Å². The zero-order chi connectivity index (χ0) is 15.3. The number of nitrogens with zero attached hydrogens (tertiary/aromatic N) is 1. The third-order valence-corrected chi connectivity index (χ3v) is 5.65. The lowest BCUT2D eigenvalue weighted by Crippen LogP contribution is -2.55. The molecule has 0 bridgehead atoms. The van der Waals surface area contributed by atoms with Crippen molar-refractivity contribution < 1.29 is 4.74 Å². The molecule has 1 aliphatic carbocycles. The Morgan fingerprint density at radius 2 is 1.81 bits per heavy atom. The van der Waals surface area contributed by atoms with E-state index in [9.17, 15) is 0 Å². The molecule has 2 aliphatic rings. The maximum atomic E-state index is 5.48. The maximum absolute atomic E-state index is 5.48. The standard InChI is InChI=1S/C18H36N2O/c1-15(2)16-6-5-7-17(9-8-16)19-14-18(3,4)20-10-12-21-13-11-20/h15-17,19H,5-14H2,1-4H3. The summed E-state index contributed by atoms with van der Waals surface area (Å²) in [6.07, 6.45) is 6.97. The Morgan fingerprint density at radius 1 is 1.10 bits per heavy atom. The summed E-state index contributed by atoms with van der Waals surface area (Å²) in [5, 5.41) is 3.88. The van der Waals surface area contributed by atoms with Gasteiger partial charge in [-0.3, -0.25) is 4.90 Å². The van der Waals surface area contributed by atoms with Gasteiger partial charge in [-0.2, -0.15) is 0 Å². The zero-order valence-electron chi connectivity index (χ0n) is 14.7. The molecule has 2 atom stereocenters. The van der Waals surface area contributed by atoms with E-state index in [0.717, 1.165) is 50.7 Å². The van der Waals surface area contributed by atoms with Crippen LogP contribution in [-0.4, -0.2) is 49.3 Å². The van der Waals surface area contributed by atoms with Gasteiger partial charge >= 0.3 is 0 Å². The molecule has 21 heavy (non-hydrogen) atoms. The Bertz CT molecular complexity index is 298. The fourth-order valence-electron chi connectivity index (χ4n) is 3.88. The molecule has 1 saturated heterocycles. The number of ether oxygens (including phenoxy) is 1. The van der Waals surface area contributed by atoms with Crippen LogP contribution in [0.3, 0.4) is 0 Å². The third-order valence-electron chi connectivity index (χ3n) is 5.65. The quantitative estimate of drug-likeness (QED) is 0.788. The van der Waals surface area contributed by atoms with Crippen LogP contribution in [0.4, 0.5) is 0 Å². The summed E-state index contributed by atoms with van der Waals surface area (Å²) < 4.78 is 5.48. The predicted molar refractivity (Wildman–Crippen MR) is 89.7 cm³/mol. The van der Waals surface area contributed by atoms with Crippen molar-refractivity contribution in [2.24, 2.45) is 11.8 Å². The molecule has 3 nitrogen and oxygen atoms in total. The van der Waals surface area contributed by atoms with Gasteiger partial charge in [-0.1, -0.05) is 26.7 Å². The topological polar surface area (TPSA) is 24.5 Å². The van der Waals surface area contributed by atoms with E-state index in [2.05, 4.69) is 37.9 Å². The van der Waals surface area contributed by atoms with E-state index in [-0.39, 0.29) is 5.54 Å². The zero-order valence-corrected chi connectivity index (χ0v) is 14.7. The number of morpholine rings is 1. The van der Waals surface area contributed by atoms with Crippen molar-refractivity contribution in [3.05, 3.63) is 0 Å². The molecule has 0 aromatic rings. The van der Waals surface area contributed by atoms with E-state index in [1.54, 1.807) is 0 Å². The average molecular weight is 296 g/mol. The summed E-state index contributed by atoms with van der Waals surface area (Å²) in [5.74, 6) is 1.80. The van der Waals surface area contributed by atoms with Gasteiger partial charge in [0.15, 0.2) is 0 Å². The lowest BCUT2D eigenvalue weighted by atomic mass is 9.89. The summed E-state index contributed by atoms with van der Waals surface area (Å²) in [6, 6.07) is 0.731. The summed E-state index contributed by atoms with van der Waals surface area (Å²) in [7, 11) is 0. The highest BCUT2D eigenvalue weighted by molar-refractivity contribution is 4.87. The van der Waals surface area contributed by atoms with Gasteiger partial charge in [0.25, 0.3) is 0 Å². The molecule has 2 rings (SSSR count). The summed E-state index contributed by atoms with van der Waals surface area (Å²) in [4.78, 5) is 2.58. The highest BCUT2D eigenvalue weighted by Crippen LogP contribution is 2.29. The predicted octanol–water partition coefficient (Wildman–Crippen LogP) is 3.29. The van der Waals surface area contributed by atoms with Gasteiger partial charge in [-0.25, -0.2) is 0 Å². The Morgan fingerprint density at radius 3 is 2.48 bits per heavy atom. The molecule has 0 aromatic heterocycles. The van der Waals surface area contributed by atoms with E-state index in [1.807, 2.05) is 0 Å². The lowest BCUT2D eigenvalue weighted by molar-refractivity contribution is -0.0105. The second kappa shape index (κ2) is 7.94. The van der Waals surface area contributed by atoms with Crippen LogP contribution >= 0.6 is 0 Å². The molecule has 0 aromatic carbocycles. The Balaban J connectivity index is 1.76. The highest BCUT2D eigenvalue weighted by Gasteiger charge is 2.29. The number of rotatable bonds is 5. The second-order valence-electron chi connectivity index (χ2n) is 8.00. The minimum Gasteiger partial charge on any atom is -0.379 e. The van der Waals surface area contributed by atoms with Crippen LogP contribution in [0.25, 0.3) is 0 Å². The largest absolute Gasteiger partial charge is 0.379 e. The Labute approximate surface area is 131 Å². The highest BCUT2D eigenvalue weighted by atomic mass is 16.5. The fraction of sp³-hybridized carbons (Fsp3) is 1.00. The molecule has 0 spiro atoms. The van der Waals surface area contributed by atoms with Gasteiger partial charge in [0.2, 0.25) is 0 Å². The van der Waals surface area contributed by atoms with Crippen molar-refractivity contribution in [2.75, 3.05) is 32.8 Å². The SMILES string of the molecule is CC(C)C1CCCC(NCC(C)(C)N2CCOCC2)CC1. The van der Waals surface area contributed by atoms with Crippen LogP contribution in [0.5, 0.6) is 0 Å². The minimum atomic E-state index is 0.244. The number of nitrogens with one attached hydrogen (secondary N) is 1. The van der Waals surface area contributed by atoms with E-state index >= 15 is 0 Å². The minimum absolute atomic E-state index is 0.244. The van der Waals surface area contributed by atoms with Gasteiger partial charge in [-0.15, -0.1) is 0 Å². The van der Waals surface area contributed by atoms with E-state index in [0.29, 0.717) is 0 Å². The molecule has 1 heterocycles. The van der Waals surface area contributed by atoms with Gasteiger partial charge in [0, 0.05) is 31.2 Å².